The zero-order valence-corrected chi connectivity index (χ0v) is 13.5. The summed E-state index contributed by atoms with van der Waals surface area (Å²) in [6.45, 7) is 7.49. The molecule has 2 heterocycles. The van der Waals surface area contributed by atoms with E-state index in [1.807, 2.05) is 0 Å². The molecule has 0 aromatic carbocycles. The van der Waals surface area contributed by atoms with E-state index in [2.05, 4.69) is 29.0 Å². The Labute approximate surface area is 124 Å². The fraction of sp³-hybridized carbons (Fsp3) is 0.750. The molecule has 3 N–H and O–H groups in total. The number of nitrogens with two attached hydrogens (primary N) is 1. The van der Waals surface area contributed by atoms with Crippen LogP contribution in [-0.2, 0) is 10.0 Å². The van der Waals surface area contributed by atoms with Crippen molar-refractivity contribution < 1.29 is 8.42 Å². The van der Waals surface area contributed by atoms with E-state index in [-0.39, 0.29) is 4.21 Å². The molecule has 0 saturated carbocycles. The van der Waals surface area contributed by atoms with Crippen molar-refractivity contribution in [2.24, 2.45) is 11.1 Å². The maximum Gasteiger partial charge on any atom is 0.249 e. The minimum absolute atomic E-state index is 0.102. The van der Waals surface area contributed by atoms with Crippen LogP contribution >= 0.6 is 11.3 Å². The third-order valence-electron chi connectivity index (χ3n) is 3.35. The van der Waals surface area contributed by atoms with E-state index in [0.29, 0.717) is 17.1 Å². The lowest BCUT2D eigenvalue weighted by Crippen LogP contribution is -2.37. The Hall–Kier alpha value is -0.700. The number of aromatic nitrogens is 1. The largest absolute Gasteiger partial charge is 0.360 e. The first-order valence-corrected chi connectivity index (χ1v) is 9.19. The van der Waals surface area contributed by atoms with Crippen LogP contribution in [-0.4, -0.2) is 44.0 Å². The van der Waals surface area contributed by atoms with E-state index in [1.54, 1.807) is 0 Å². The van der Waals surface area contributed by atoms with Gasteiger partial charge in [0, 0.05) is 19.1 Å². The van der Waals surface area contributed by atoms with Gasteiger partial charge in [-0.2, -0.15) is 0 Å². The van der Waals surface area contributed by atoms with E-state index in [9.17, 15) is 8.42 Å². The zero-order valence-electron chi connectivity index (χ0n) is 11.9. The molecule has 0 spiro atoms. The molecule has 6 nitrogen and oxygen atoms in total. The Balaban J connectivity index is 1.90. The molecule has 0 aliphatic carbocycles. The number of nitrogens with one attached hydrogen (secondary N) is 1. The number of hydrogen-bond acceptors (Lipinski definition) is 6. The molecule has 1 fully saturated rings. The summed E-state index contributed by atoms with van der Waals surface area (Å²) in [4.78, 5) is 6.55. The van der Waals surface area contributed by atoms with Gasteiger partial charge < -0.3 is 5.32 Å². The van der Waals surface area contributed by atoms with Gasteiger partial charge in [0.2, 0.25) is 10.0 Å². The summed E-state index contributed by atoms with van der Waals surface area (Å²) >= 11 is 1.08. The lowest BCUT2D eigenvalue weighted by Gasteiger charge is -2.26. The van der Waals surface area contributed by atoms with Gasteiger partial charge in [0.25, 0.3) is 0 Å². The average molecular weight is 318 g/mol. The molecule has 0 radical (unpaired) electrons. The summed E-state index contributed by atoms with van der Waals surface area (Å²) in [5.74, 6) is 0.657. The van der Waals surface area contributed by atoms with Gasteiger partial charge in [0.05, 0.1) is 6.20 Å². The van der Waals surface area contributed by atoms with Crippen molar-refractivity contribution in [1.82, 2.24) is 9.88 Å². The number of thiazole rings is 1. The van der Waals surface area contributed by atoms with Gasteiger partial charge in [0.1, 0.15) is 0 Å². The molecule has 114 valence electrons. The molecule has 0 amide bonds. The summed E-state index contributed by atoms with van der Waals surface area (Å²) in [7, 11) is -3.64. The van der Waals surface area contributed by atoms with Crippen molar-refractivity contribution in [2.75, 3.05) is 25.0 Å². The average Bonchev–Trinajstić information content (AvgIpc) is 2.93. The maximum absolute atomic E-state index is 11.2. The van der Waals surface area contributed by atoms with Gasteiger partial charge in [-0.15, -0.1) is 0 Å². The van der Waals surface area contributed by atoms with Crippen molar-refractivity contribution >= 4 is 26.5 Å². The van der Waals surface area contributed by atoms with Crippen LogP contribution in [0.2, 0.25) is 0 Å². The molecule has 1 atom stereocenters. The van der Waals surface area contributed by atoms with Crippen molar-refractivity contribution in [1.29, 1.82) is 0 Å². The zero-order chi connectivity index (χ0) is 14.8. The van der Waals surface area contributed by atoms with Crippen molar-refractivity contribution in [2.45, 2.75) is 36.9 Å². The number of primary sulfonamides is 1. The number of likely N-dealkylation sites (tertiary alicyclic amines) is 1. The van der Waals surface area contributed by atoms with Gasteiger partial charge in [0.15, 0.2) is 9.34 Å². The summed E-state index contributed by atoms with van der Waals surface area (Å²) < 4.78 is 22.5. The molecule has 0 unspecified atom stereocenters. The number of hydrogen-bond donors (Lipinski definition) is 2. The van der Waals surface area contributed by atoms with Crippen molar-refractivity contribution in [3.8, 4) is 0 Å². The monoisotopic (exact) mass is 318 g/mol. The molecule has 8 heteroatoms. The number of rotatable bonds is 6. The van der Waals surface area contributed by atoms with E-state index in [1.165, 1.54) is 19.0 Å². The first-order valence-electron chi connectivity index (χ1n) is 6.83. The van der Waals surface area contributed by atoms with E-state index >= 15 is 0 Å². The predicted octanol–water partition coefficient (Wildman–Crippen LogP) is 1.32. The molecular formula is C12H22N4O2S2. The van der Waals surface area contributed by atoms with E-state index < -0.39 is 10.0 Å². The second-order valence-corrected chi connectivity index (χ2v) is 8.41. The van der Waals surface area contributed by atoms with Crippen LogP contribution in [0.15, 0.2) is 10.4 Å². The minimum Gasteiger partial charge on any atom is -0.360 e. The molecule has 1 aliphatic rings. The minimum atomic E-state index is -3.64. The van der Waals surface area contributed by atoms with Crippen LogP contribution in [0.3, 0.4) is 0 Å². The Morgan fingerprint density at radius 3 is 2.95 bits per heavy atom. The summed E-state index contributed by atoms with van der Waals surface area (Å²) in [6, 6.07) is 0.499. The van der Waals surface area contributed by atoms with Gasteiger partial charge in [-0.25, -0.2) is 18.5 Å². The third-order valence-corrected chi connectivity index (χ3v) is 5.72. The van der Waals surface area contributed by atoms with Gasteiger partial charge >= 0.3 is 0 Å². The molecule has 1 aliphatic heterocycles. The number of anilines is 1. The maximum atomic E-state index is 11.2. The second kappa shape index (κ2) is 6.38. The highest BCUT2D eigenvalue weighted by Crippen LogP contribution is 2.23. The van der Waals surface area contributed by atoms with Crippen LogP contribution in [0, 0.1) is 5.92 Å². The van der Waals surface area contributed by atoms with Crippen LogP contribution in [0.25, 0.3) is 0 Å². The fourth-order valence-electron chi connectivity index (χ4n) is 2.51. The molecule has 20 heavy (non-hydrogen) atoms. The van der Waals surface area contributed by atoms with Crippen molar-refractivity contribution in [3.63, 3.8) is 0 Å². The first-order chi connectivity index (χ1) is 9.36. The van der Waals surface area contributed by atoms with Gasteiger partial charge in [-0.3, -0.25) is 4.90 Å². The molecular weight excluding hydrogens is 296 g/mol. The number of nitrogens with zero attached hydrogens (tertiary/aromatic N) is 2. The van der Waals surface area contributed by atoms with Crippen LogP contribution in [0.4, 0.5) is 5.13 Å². The second-order valence-electron chi connectivity index (χ2n) is 5.60. The normalized spacial score (nSPS) is 20.7. The lowest BCUT2D eigenvalue weighted by molar-refractivity contribution is 0.234. The third kappa shape index (κ3) is 4.15. The van der Waals surface area contributed by atoms with E-state index in [0.717, 1.165) is 31.0 Å². The predicted molar refractivity (Wildman–Crippen MR) is 81.4 cm³/mol. The SMILES string of the molecule is CC(C)CN1CCC[C@@H]1CNc1ncc(S(N)(=O)=O)s1. The smallest absolute Gasteiger partial charge is 0.249 e. The highest BCUT2D eigenvalue weighted by atomic mass is 32.2. The van der Waals surface area contributed by atoms with Crippen LogP contribution < -0.4 is 10.5 Å². The molecule has 2 rings (SSSR count). The Morgan fingerprint density at radius 1 is 1.60 bits per heavy atom. The van der Waals surface area contributed by atoms with Crippen LogP contribution in [0.5, 0.6) is 0 Å². The Morgan fingerprint density at radius 2 is 2.35 bits per heavy atom. The number of sulfonamides is 1. The topological polar surface area (TPSA) is 88.3 Å². The molecule has 1 aromatic heterocycles. The quantitative estimate of drug-likeness (QED) is 0.826. The summed E-state index contributed by atoms with van der Waals surface area (Å²) in [6.07, 6.45) is 3.70. The summed E-state index contributed by atoms with van der Waals surface area (Å²) in [5.41, 5.74) is 0. The molecule has 1 aromatic rings. The van der Waals surface area contributed by atoms with E-state index in [4.69, 9.17) is 5.14 Å². The van der Waals surface area contributed by atoms with Gasteiger partial charge in [-0.05, 0) is 25.3 Å². The Bertz CT molecular complexity index is 541. The highest BCUT2D eigenvalue weighted by molar-refractivity contribution is 7.91. The van der Waals surface area contributed by atoms with Crippen molar-refractivity contribution in [3.05, 3.63) is 6.20 Å². The first kappa shape index (κ1) is 15.7. The fourth-order valence-corrected chi connectivity index (χ4v) is 3.97. The lowest BCUT2D eigenvalue weighted by atomic mass is 10.1. The highest BCUT2D eigenvalue weighted by Gasteiger charge is 2.25. The van der Waals surface area contributed by atoms with Crippen LogP contribution in [0.1, 0.15) is 26.7 Å². The molecule has 0 bridgehead atoms. The standard InChI is InChI=1S/C12H22N4O2S2/c1-9(2)8-16-5-3-4-10(16)6-14-12-15-7-11(19-12)20(13,17)18/h7,9-10H,3-6,8H2,1-2H3,(H,14,15)(H2,13,17,18)/t10-/m1/s1. The Kier molecular flexibility index (Phi) is 5.00. The molecule has 1 saturated heterocycles. The van der Waals surface area contributed by atoms with Gasteiger partial charge in [-0.1, -0.05) is 25.2 Å². The summed E-state index contributed by atoms with van der Waals surface area (Å²) in [5, 5.41) is 8.92.